The number of likely N-dealkylation sites (N-methyl/N-ethyl adjacent to an activating group) is 1. The standard InChI is InChI=1S/C15H15BrN2O2S/c1-9-12(16)17-13(21-9)10-4-3-5-11(8-10)15(20)6-7-18(2)14(15)19/h3-5,8,20H,6-7H2,1-2H3. The quantitative estimate of drug-likeness (QED) is 0.888. The van der Waals surface area contributed by atoms with Crippen LogP contribution >= 0.6 is 27.3 Å². The highest BCUT2D eigenvalue weighted by molar-refractivity contribution is 9.10. The average Bonchev–Trinajstić information content (AvgIpc) is 2.95. The Morgan fingerprint density at radius 3 is 2.81 bits per heavy atom. The number of carbonyl (C=O) groups is 1. The summed E-state index contributed by atoms with van der Waals surface area (Å²) in [6, 6.07) is 7.47. The monoisotopic (exact) mass is 366 g/mol. The minimum Gasteiger partial charge on any atom is -0.375 e. The molecule has 1 aromatic carbocycles. The third-order valence-electron chi connectivity index (χ3n) is 3.84. The first-order valence-electron chi connectivity index (χ1n) is 6.63. The summed E-state index contributed by atoms with van der Waals surface area (Å²) in [6.07, 6.45) is 0.423. The van der Waals surface area contributed by atoms with Crippen molar-refractivity contribution < 1.29 is 9.90 Å². The van der Waals surface area contributed by atoms with Crippen LogP contribution in [0.2, 0.25) is 0 Å². The Morgan fingerprint density at radius 1 is 1.48 bits per heavy atom. The van der Waals surface area contributed by atoms with Crippen molar-refractivity contribution in [3.63, 3.8) is 0 Å². The number of aromatic nitrogens is 1. The van der Waals surface area contributed by atoms with Gasteiger partial charge in [-0.1, -0.05) is 18.2 Å². The molecule has 1 atom stereocenters. The lowest BCUT2D eigenvalue weighted by Crippen LogP contribution is -2.36. The zero-order valence-electron chi connectivity index (χ0n) is 11.8. The maximum absolute atomic E-state index is 12.2. The number of aliphatic hydroxyl groups is 1. The molecular weight excluding hydrogens is 352 g/mol. The van der Waals surface area contributed by atoms with Gasteiger partial charge in [-0.05, 0) is 34.5 Å². The van der Waals surface area contributed by atoms with Gasteiger partial charge in [0.25, 0.3) is 5.91 Å². The first-order valence-corrected chi connectivity index (χ1v) is 8.24. The SMILES string of the molecule is Cc1sc(-c2cccc(C3(O)CCN(C)C3=O)c2)nc1Br. The maximum atomic E-state index is 12.2. The van der Waals surface area contributed by atoms with E-state index in [1.54, 1.807) is 29.4 Å². The molecule has 0 spiro atoms. The third kappa shape index (κ3) is 2.41. The number of amides is 1. The van der Waals surface area contributed by atoms with Crippen LogP contribution in [0.4, 0.5) is 0 Å². The van der Waals surface area contributed by atoms with E-state index in [0.29, 0.717) is 18.5 Å². The lowest BCUT2D eigenvalue weighted by molar-refractivity contribution is -0.143. The second-order valence-corrected chi connectivity index (χ2v) is 7.24. The molecule has 6 heteroatoms. The molecule has 0 saturated carbocycles. The van der Waals surface area contributed by atoms with Crippen LogP contribution in [-0.2, 0) is 10.4 Å². The van der Waals surface area contributed by atoms with Crippen molar-refractivity contribution in [1.29, 1.82) is 0 Å². The molecule has 1 amide bonds. The number of nitrogens with zero attached hydrogens (tertiary/aromatic N) is 2. The fourth-order valence-corrected chi connectivity index (χ4v) is 3.87. The number of carbonyl (C=O) groups excluding carboxylic acids is 1. The fraction of sp³-hybridized carbons (Fsp3) is 0.333. The number of rotatable bonds is 2. The van der Waals surface area contributed by atoms with E-state index in [2.05, 4.69) is 20.9 Å². The molecule has 110 valence electrons. The van der Waals surface area contributed by atoms with Crippen LogP contribution in [0.25, 0.3) is 10.6 Å². The van der Waals surface area contributed by atoms with Gasteiger partial charge in [-0.25, -0.2) is 4.98 Å². The van der Waals surface area contributed by atoms with Crippen LogP contribution < -0.4 is 0 Å². The van der Waals surface area contributed by atoms with E-state index < -0.39 is 5.60 Å². The van der Waals surface area contributed by atoms with Crippen molar-refractivity contribution in [2.45, 2.75) is 18.9 Å². The number of thiazole rings is 1. The summed E-state index contributed by atoms with van der Waals surface area (Å²) in [5, 5.41) is 11.6. The molecule has 0 bridgehead atoms. The Hall–Kier alpha value is -1.24. The van der Waals surface area contributed by atoms with Gasteiger partial charge in [-0.3, -0.25) is 4.79 Å². The molecule has 1 aromatic heterocycles. The van der Waals surface area contributed by atoms with Gasteiger partial charge in [0.05, 0.1) is 0 Å². The van der Waals surface area contributed by atoms with E-state index in [-0.39, 0.29) is 5.91 Å². The van der Waals surface area contributed by atoms with E-state index >= 15 is 0 Å². The first-order chi connectivity index (χ1) is 9.91. The Bertz CT molecular complexity index is 696. The van der Waals surface area contributed by atoms with Gasteiger partial charge in [-0.15, -0.1) is 11.3 Å². The lowest BCUT2D eigenvalue weighted by Gasteiger charge is -2.21. The molecule has 21 heavy (non-hydrogen) atoms. The molecule has 1 saturated heterocycles. The Labute approximate surface area is 135 Å². The van der Waals surface area contributed by atoms with Crippen molar-refractivity contribution in [1.82, 2.24) is 9.88 Å². The highest BCUT2D eigenvalue weighted by atomic mass is 79.9. The number of hydrogen-bond acceptors (Lipinski definition) is 4. The highest BCUT2D eigenvalue weighted by Crippen LogP contribution is 2.36. The Kier molecular flexibility index (Phi) is 3.63. The average molecular weight is 367 g/mol. The normalized spacial score (nSPS) is 22.1. The molecule has 1 fully saturated rings. The van der Waals surface area contributed by atoms with E-state index in [0.717, 1.165) is 20.1 Å². The molecule has 0 aliphatic carbocycles. The highest BCUT2D eigenvalue weighted by Gasteiger charge is 2.45. The summed E-state index contributed by atoms with van der Waals surface area (Å²) >= 11 is 5.00. The van der Waals surface area contributed by atoms with Crippen LogP contribution in [0, 0.1) is 6.92 Å². The molecule has 2 aromatic rings. The van der Waals surface area contributed by atoms with Gasteiger partial charge in [0.15, 0.2) is 5.60 Å². The number of aryl methyl sites for hydroxylation is 1. The number of likely N-dealkylation sites (tertiary alicyclic amines) is 1. The second kappa shape index (κ2) is 5.19. The number of halogens is 1. The van der Waals surface area contributed by atoms with E-state index in [1.165, 1.54) is 0 Å². The first kappa shape index (κ1) is 14.7. The minimum atomic E-state index is -1.41. The third-order valence-corrected chi connectivity index (χ3v) is 5.89. The summed E-state index contributed by atoms with van der Waals surface area (Å²) in [4.78, 5) is 19.3. The van der Waals surface area contributed by atoms with Gasteiger partial charge in [0.1, 0.15) is 9.61 Å². The molecule has 3 rings (SSSR count). The Balaban J connectivity index is 2.03. The summed E-state index contributed by atoms with van der Waals surface area (Å²) < 4.78 is 0.836. The summed E-state index contributed by atoms with van der Waals surface area (Å²) in [5.41, 5.74) is 0.147. The second-order valence-electron chi connectivity index (χ2n) is 5.28. The zero-order valence-corrected chi connectivity index (χ0v) is 14.2. The molecule has 1 N–H and O–H groups in total. The molecule has 0 radical (unpaired) electrons. The molecule has 4 nitrogen and oxygen atoms in total. The minimum absolute atomic E-state index is 0.240. The van der Waals surface area contributed by atoms with Crippen LogP contribution in [0.15, 0.2) is 28.9 Å². The van der Waals surface area contributed by atoms with Crippen LogP contribution in [0.3, 0.4) is 0 Å². The Morgan fingerprint density at radius 2 is 2.24 bits per heavy atom. The van der Waals surface area contributed by atoms with Crippen molar-refractivity contribution in [2.75, 3.05) is 13.6 Å². The van der Waals surface area contributed by atoms with E-state index in [9.17, 15) is 9.90 Å². The lowest BCUT2D eigenvalue weighted by atomic mass is 9.91. The smallest absolute Gasteiger partial charge is 0.258 e. The van der Waals surface area contributed by atoms with Gasteiger partial charge >= 0.3 is 0 Å². The zero-order chi connectivity index (χ0) is 15.2. The maximum Gasteiger partial charge on any atom is 0.258 e. The summed E-state index contributed by atoms with van der Waals surface area (Å²) in [5.74, 6) is -0.240. The summed E-state index contributed by atoms with van der Waals surface area (Å²) in [7, 11) is 1.71. The fourth-order valence-electron chi connectivity index (χ4n) is 2.53. The van der Waals surface area contributed by atoms with Gasteiger partial charge < -0.3 is 10.0 Å². The molecule has 1 aliphatic heterocycles. The molecule has 1 aliphatic rings. The number of benzene rings is 1. The van der Waals surface area contributed by atoms with Crippen molar-refractivity contribution >= 4 is 33.2 Å². The van der Waals surface area contributed by atoms with Crippen LogP contribution in [0.1, 0.15) is 16.9 Å². The van der Waals surface area contributed by atoms with Crippen LogP contribution in [-0.4, -0.2) is 34.5 Å². The van der Waals surface area contributed by atoms with Gasteiger partial charge in [0.2, 0.25) is 0 Å². The van der Waals surface area contributed by atoms with Crippen molar-refractivity contribution in [3.8, 4) is 10.6 Å². The molecule has 1 unspecified atom stereocenters. The van der Waals surface area contributed by atoms with E-state index in [1.807, 2.05) is 25.1 Å². The van der Waals surface area contributed by atoms with E-state index in [4.69, 9.17) is 0 Å². The van der Waals surface area contributed by atoms with Gasteiger partial charge in [-0.2, -0.15) is 0 Å². The predicted molar refractivity (Wildman–Crippen MR) is 86.1 cm³/mol. The summed E-state index contributed by atoms with van der Waals surface area (Å²) in [6.45, 7) is 2.57. The molecular formula is C15H15BrN2O2S. The largest absolute Gasteiger partial charge is 0.375 e. The van der Waals surface area contributed by atoms with Crippen molar-refractivity contribution in [3.05, 3.63) is 39.3 Å². The number of hydrogen-bond donors (Lipinski definition) is 1. The van der Waals surface area contributed by atoms with Crippen molar-refractivity contribution in [2.24, 2.45) is 0 Å². The van der Waals surface area contributed by atoms with Gasteiger partial charge in [0, 0.05) is 30.5 Å². The van der Waals surface area contributed by atoms with Crippen LogP contribution in [0.5, 0.6) is 0 Å². The predicted octanol–water partition coefficient (Wildman–Crippen LogP) is 2.93. The molecule has 2 heterocycles. The topological polar surface area (TPSA) is 53.4 Å².